The average molecular weight is 240 g/mol. The van der Waals surface area contributed by atoms with Crippen LogP contribution < -0.4 is 4.74 Å². The number of hydrogen-bond donors (Lipinski definition) is 0. The summed E-state index contributed by atoms with van der Waals surface area (Å²) >= 11 is 1.49. The summed E-state index contributed by atoms with van der Waals surface area (Å²) in [4.78, 5) is 12.2. The molecule has 1 aromatic heterocycles. The van der Waals surface area contributed by atoms with Crippen molar-refractivity contribution in [2.24, 2.45) is 0 Å². The standard InChI is InChI=1S/C12H16O3S/c1-3-4-9-15-11(13)7-5-10-6-8-12(14-2)16-10/h5-8H,3-4,9H2,1-2H3/b7-5+. The summed E-state index contributed by atoms with van der Waals surface area (Å²) in [6.45, 7) is 2.55. The lowest BCUT2D eigenvalue weighted by atomic mass is 10.4. The van der Waals surface area contributed by atoms with Crippen LogP contribution in [0.3, 0.4) is 0 Å². The van der Waals surface area contributed by atoms with Crippen molar-refractivity contribution in [1.29, 1.82) is 0 Å². The van der Waals surface area contributed by atoms with E-state index in [4.69, 9.17) is 9.47 Å². The predicted octanol–water partition coefficient (Wildman–Crippen LogP) is 3.11. The molecule has 0 N–H and O–H groups in total. The second-order valence-electron chi connectivity index (χ2n) is 3.22. The number of rotatable bonds is 6. The zero-order valence-electron chi connectivity index (χ0n) is 9.56. The quantitative estimate of drug-likeness (QED) is 0.435. The van der Waals surface area contributed by atoms with Crippen molar-refractivity contribution in [2.45, 2.75) is 19.8 Å². The van der Waals surface area contributed by atoms with Gasteiger partial charge in [-0.3, -0.25) is 0 Å². The van der Waals surface area contributed by atoms with Gasteiger partial charge in [0.2, 0.25) is 0 Å². The average Bonchev–Trinajstić information content (AvgIpc) is 2.74. The first-order chi connectivity index (χ1) is 7.76. The number of esters is 1. The third kappa shape index (κ3) is 4.49. The Morgan fingerprint density at radius 1 is 1.50 bits per heavy atom. The number of methoxy groups -OCH3 is 1. The van der Waals surface area contributed by atoms with Crippen molar-refractivity contribution >= 4 is 23.4 Å². The smallest absolute Gasteiger partial charge is 0.330 e. The molecular formula is C12H16O3S. The molecule has 0 fully saturated rings. The van der Waals surface area contributed by atoms with E-state index < -0.39 is 0 Å². The molecule has 0 spiro atoms. The van der Waals surface area contributed by atoms with Gasteiger partial charge < -0.3 is 9.47 Å². The first-order valence-corrected chi connectivity index (χ1v) is 6.06. The van der Waals surface area contributed by atoms with Crippen LogP contribution in [0.4, 0.5) is 0 Å². The molecule has 1 rings (SSSR count). The number of ether oxygens (including phenoxy) is 2. The van der Waals surface area contributed by atoms with Gasteiger partial charge in [-0.2, -0.15) is 0 Å². The highest BCUT2D eigenvalue weighted by Gasteiger charge is 1.98. The summed E-state index contributed by atoms with van der Waals surface area (Å²) in [5.41, 5.74) is 0. The minimum absolute atomic E-state index is 0.291. The number of carbonyl (C=O) groups excluding carboxylic acids is 1. The van der Waals surface area contributed by atoms with Gasteiger partial charge in [0.1, 0.15) is 0 Å². The zero-order chi connectivity index (χ0) is 11.8. The first-order valence-electron chi connectivity index (χ1n) is 5.25. The Kier molecular flexibility index (Phi) is 5.64. The van der Waals surface area contributed by atoms with Crippen molar-refractivity contribution < 1.29 is 14.3 Å². The van der Waals surface area contributed by atoms with Crippen molar-refractivity contribution in [3.05, 3.63) is 23.1 Å². The summed E-state index contributed by atoms with van der Waals surface area (Å²) in [6, 6.07) is 3.77. The van der Waals surface area contributed by atoms with Gasteiger partial charge in [-0.05, 0) is 24.6 Å². The van der Waals surface area contributed by atoms with E-state index in [0.29, 0.717) is 6.61 Å². The molecule has 0 radical (unpaired) electrons. The highest BCUT2D eigenvalue weighted by molar-refractivity contribution is 7.14. The van der Waals surface area contributed by atoms with E-state index in [0.717, 1.165) is 22.8 Å². The molecule has 0 unspecified atom stereocenters. The van der Waals surface area contributed by atoms with Crippen LogP contribution in [0, 0.1) is 0 Å². The Hall–Kier alpha value is -1.29. The molecule has 0 bridgehead atoms. The van der Waals surface area contributed by atoms with Crippen LogP contribution in [0.1, 0.15) is 24.6 Å². The number of unbranched alkanes of at least 4 members (excludes halogenated alkanes) is 1. The maximum absolute atomic E-state index is 11.2. The molecule has 3 nitrogen and oxygen atoms in total. The molecule has 0 aliphatic heterocycles. The molecule has 4 heteroatoms. The Balaban J connectivity index is 2.37. The molecule has 0 atom stereocenters. The van der Waals surface area contributed by atoms with Gasteiger partial charge >= 0.3 is 5.97 Å². The fourth-order valence-corrected chi connectivity index (χ4v) is 1.77. The second kappa shape index (κ2) is 7.06. The van der Waals surface area contributed by atoms with Gasteiger partial charge in [0.25, 0.3) is 0 Å². The van der Waals surface area contributed by atoms with E-state index in [9.17, 15) is 4.79 Å². The molecule has 0 saturated heterocycles. The molecule has 1 aromatic rings. The SMILES string of the molecule is CCCCOC(=O)/C=C/c1ccc(OC)s1. The summed E-state index contributed by atoms with van der Waals surface area (Å²) in [5, 5.41) is 0.832. The molecule has 0 amide bonds. The van der Waals surface area contributed by atoms with Crippen LogP contribution in [0.5, 0.6) is 5.06 Å². The Bertz CT molecular complexity index is 355. The van der Waals surface area contributed by atoms with Gasteiger partial charge in [-0.25, -0.2) is 4.79 Å². The van der Waals surface area contributed by atoms with E-state index in [2.05, 4.69) is 6.92 Å². The largest absolute Gasteiger partial charge is 0.487 e. The highest BCUT2D eigenvalue weighted by Crippen LogP contribution is 2.24. The van der Waals surface area contributed by atoms with E-state index in [-0.39, 0.29) is 5.97 Å². The summed E-state index contributed by atoms with van der Waals surface area (Å²) in [7, 11) is 1.62. The Morgan fingerprint density at radius 3 is 2.94 bits per heavy atom. The van der Waals surface area contributed by atoms with Crippen LogP contribution >= 0.6 is 11.3 Å². The third-order valence-electron chi connectivity index (χ3n) is 1.93. The molecule has 0 aliphatic carbocycles. The molecule has 88 valence electrons. The van der Waals surface area contributed by atoms with Crippen molar-refractivity contribution in [2.75, 3.05) is 13.7 Å². The fraction of sp³-hybridized carbons (Fsp3) is 0.417. The number of hydrogen-bond acceptors (Lipinski definition) is 4. The van der Waals surface area contributed by atoms with E-state index >= 15 is 0 Å². The summed E-state index contributed by atoms with van der Waals surface area (Å²) < 4.78 is 10.0. The Labute approximate surface area is 99.7 Å². The van der Waals surface area contributed by atoms with Gasteiger partial charge in [0, 0.05) is 11.0 Å². The van der Waals surface area contributed by atoms with Crippen LogP contribution in [0.25, 0.3) is 6.08 Å². The van der Waals surface area contributed by atoms with Crippen molar-refractivity contribution in [1.82, 2.24) is 0 Å². The maximum atomic E-state index is 11.2. The third-order valence-corrected chi connectivity index (χ3v) is 2.94. The van der Waals surface area contributed by atoms with Crippen molar-refractivity contribution in [3.63, 3.8) is 0 Å². The normalized spacial score (nSPS) is 10.6. The first kappa shape index (κ1) is 12.8. The molecule has 0 saturated carbocycles. The minimum atomic E-state index is -0.291. The number of thiophene rings is 1. The zero-order valence-corrected chi connectivity index (χ0v) is 10.4. The van der Waals surface area contributed by atoms with Crippen LogP contribution in [-0.2, 0) is 9.53 Å². The van der Waals surface area contributed by atoms with E-state index in [1.165, 1.54) is 17.4 Å². The topological polar surface area (TPSA) is 35.5 Å². The summed E-state index contributed by atoms with van der Waals surface area (Å²) in [6.07, 6.45) is 5.12. The Morgan fingerprint density at radius 2 is 2.31 bits per heavy atom. The van der Waals surface area contributed by atoms with Crippen LogP contribution in [0.2, 0.25) is 0 Å². The van der Waals surface area contributed by atoms with Gasteiger partial charge in [0.15, 0.2) is 5.06 Å². The molecule has 1 heterocycles. The second-order valence-corrected chi connectivity index (χ2v) is 4.29. The van der Waals surface area contributed by atoms with Gasteiger partial charge in [-0.1, -0.05) is 24.7 Å². The van der Waals surface area contributed by atoms with E-state index in [1.54, 1.807) is 13.2 Å². The predicted molar refractivity (Wildman–Crippen MR) is 65.8 cm³/mol. The van der Waals surface area contributed by atoms with Gasteiger partial charge in [-0.15, -0.1) is 0 Å². The lowest BCUT2D eigenvalue weighted by Gasteiger charge is -1.98. The lowest BCUT2D eigenvalue weighted by Crippen LogP contribution is -2.01. The minimum Gasteiger partial charge on any atom is -0.487 e. The van der Waals surface area contributed by atoms with Crippen LogP contribution in [-0.4, -0.2) is 19.7 Å². The van der Waals surface area contributed by atoms with Crippen molar-refractivity contribution in [3.8, 4) is 5.06 Å². The van der Waals surface area contributed by atoms with Crippen LogP contribution in [0.15, 0.2) is 18.2 Å². The maximum Gasteiger partial charge on any atom is 0.330 e. The molecule has 16 heavy (non-hydrogen) atoms. The summed E-state index contributed by atoms with van der Waals surface area (Å²) in [5.74, 6) is -0.291. The highest BCUT2D eigenvalue weighted by atomic mass is 32.1. The van der Waals surface area contributed by atoms with E-state index in [1.807, 2.05) is 12.1 Å². The van der Waals surface area contributed by atoms with Gasteiger partial charge in [0.05, 0.1) is 13.7 Å². The molecular weight excluding hydrogens is 224 g/mol. The fourth-order valence-electron chi connectivity index (χ4n) is 1.05. The number of carbonyl (C=O) groups is 1. The monoisotopic (exact) mass is 240 g/mol. The molecule has 0 aromatic carbocycles. The molecule has 0 aliphatic rings. The lowest BCUT2D eigenvalue weighted by molar-refractivity contribution is -0.137.